The van der Waals surface area contributed by atoms with Crippen molar-refractivity contribution < 1.29 is 4.79 Å². The lowest BCUT2D eigenvalue weighted by Crippen LogP contribution is -2.19. The highest BCUT2D eigenvalue weighted by Crippen LogP contribution is 2.22. The summed E-state index contributed by atoms with van der Waals surface area (Å²) in [6.07, 6.45) is 0.923. The van der Waals surface area contributed by atoms with Gasteiger partial charge in [-0.2, -0.15) is 0 Å². The van der Waals surface area contributed by atoms with E-state index in [-0.39, 0.29) is 11.7 Å². The number of rotatable bonds is 2. The minimum atomic E-state index is 0.106. The highest BCUT2D eigenvalue weighted by Gasteiger charge is 2.24. The molecule has 0 bridgehead atoms. The van der Waals surface area contributed by atoms with E-state index >= 15 is 0 Å². The van der Waals surface area contributed by atoms with Crippen LogP contribution in [0.15, 0.2) is 18.2 Å². The lowest BCUT2D eigenvalue weighted by Gasteiger charge is -2.11. The van der Waals surface area contributed by atoms with Crippen molar-refractivity contribution in [2.24, 2.45) is 5.92 Å². The number of benzene rings is 1. The Balaban J connectivity index is 2.28. The molecule has 1 aromatic carbocycles. The molecule has 1 aliphatic rings. The lowest BCUT2D eigenvalue weighted by atomic mass is 9.94. The topological polar surface area (TPSA) is 55.1 Å². The van der Waals surface area contributed by atoms with Crippen LogP contribution < -0.4 is 11.1 Å². The van der Waals surface area contributed by atoms with E-state index in [0.29, 0.717) is 11.3 Å². The standard InChI is InChI=1S/C12H16N2O/c1-8-3-2-4-10(11(8)13)12(15)9-5-6-14-7-9/h2-4,9,14H,5-7,13H2,1H3. The fraction of sp³-hybridized carbons (Fsp3) is 0.417. The van der Waals surface area contributed by atoms with Crippen molar-refractivity contribution >= 4 is 11.5 Å². The third kappa shape index (κ3) is 1.88. The van der Waals surface area contributed by atoms with Gasteiger partial charge in [0.25, 0.3) is 0 Å². The number of nitrogens with one attached hydrogen (secondary N) is 1. The SMILES string of the molecule is Cc1cccc(C(=O)C2CCNC2)c1N. The van der Waals surface area contributed by atoms with E-state index < -0.39 is 0 Å². The van der Waals surface area contributed by atoms with Crippen LogP contribution in [0.1, 0.15) is 22.3 Å². The lowest BCUT2D eigenvalue weighted by molar-refractivity contribution is 0.0931. The Labute approximate surface area is 89.7 Å². The highest BCUT2D eigenvalue weighted by atomic mass is 16.1. The van der Waals surface area contributed by atoms with E-state index in [1.54, 1.807) is 0 Å². The summed E-state index contributed by atoms with van der Waals surface area (Å²) in [6.45, 7) is 3.65. The molecule has 3 nitrogen and oxygen atoms in total. The predicted molar refractivity (Wildman–Crippen MR) is 60.9 cm³/mol. The second-order valence-electron chi connectivity index (χ2n) is 4.09. The monoisotopic (exact) mass is 204 g/mol. The number of para-hydroxylation sites is 1. The Morgan fingerprint density at radius 1 is 1.53 bits per heavy atom. The molecule has 0 aromatic heterocycles. The molecule has 1 aromatic rings. The summed E-state index contributed by atoms with van der Waals surface area (Å²) in [4.78, 5) is 12.1. The fourth-order valence-corrected chi connectivity index (χ4v) is 1.99. The summed E-state index contributed by atoms with van der Waals surface area (Å²) in [5, 5.41) is 3.20. The number of anilines is 1. The fourth-order valence-electron chi connectivity index (χ4n) is 1.99. The molecule has 3 N–H and O–H groups in total. The van der Waals surface area contributed by atoms with Crippen LogP contribution in [0, 0.1) is 12.8 Å². The molecule has 15 heavy (non-hydrogen) atoms. The molecule has 80 valence electrons. The molecule has 0 aliphatic carbocycles. The zero-order chi connectivity index (χ0) is 10.8. The molecule has 1 unspecified atom stereocenters. The number of hydrogen-bond donors (Lipinski definition) is 2. The van der Waals surface area contributed by atoms with E-state index in [0.717, 1.165) is 25.1 Å². The minimum Gasteiger partial charge on any atom is -0.398 e. The number of carbonyl (C=O) groups excluding carboxylic acids is 1. The molecule has 1 heterocycles. The largest absolute Gasteiger partial charge is 0.398 e. The number of ketones is 1. The maximum atomic E-state index is 12.1. The number of nitrogens with two attached hydrogens (primary N) is 1. The summed E-state index contributed by atoms with van der Waals surface area (Å²) < 4.78 is 0. The first kappa shape index (κ1) is 10.2. The van der Waals surface area contributed by atoms with E-state index in [2.05, 4.69) is 5.32 Å². The average molecular weight is 204 g/mol. The van der Waals surface area contributed by atoms with Crippen molar-refractivity contribution in [3.8, 4) is 0 Å². The first-order valence-corrected chi connectivity index (χ1v) is 5.30. The smallest absolute Gasteiger partial charge is 0.169 e. The summed E-state index contributed by atoms with van der Waals surface area (Å²) >= 11 is 0. The summed E-state index contributed by atoms with van der Waals surface area (Å²) in [6, 6.07) is 5.64. The zero-order valence-electron chi connectivity index (χ0n) is 8.92. The zero-order valence-corrected chi connectivity index (χ0v) is 8.92. The second kappa shape index (κ2) is 4.03. The van der Waals surface area contributed by atoms with E-state index in [1.165, 1.54) is 0 Å². The molecule has 1 saturated heterocycles. The molecule has 3 heteroatoms. The van der Waals surface area contributed by atoms with Crippen LogP contribution >= 0.6 is 0 Å². The van der Waals surface area contributed by atoms with Gasteiger partial charge in [0, 0.05) is 23.7 Å². The van der Waals surface area contributed by atoms with Crippen molar-refractivity contribution in [2.45, 2.75) is 13.3 Å². The molecule has 2 rings (SSSR count). The maximum absolute atomic E-state index is 12.1. The summed E-state index contributed by atoms with van der Waals surface area (Å²) in [7, 11) is 0. The number of hydrogen-bond acceptors (Lipinski definition) is 3. The Morgan fingerprint density at radius 2 is 2.33 bits per heavy atom. The van der Waals surface area contributed by atoms with Gasteiger partial charge in [-0.05, 0) is 31.5 Å². The Morgan fingerprint density at radius 3 is 3.00 bits per heavy atom. The van der Waals surface area contributed by atoms with E-state index in [1.807, 2.05) is 25.1 Å². The Kier molecular flexibility index (Phi) is 2.73. The molecule has 1 atom stereocenters. The van der Waals surface area contributed by atoms with Gasteiger partial charge in [-0.15, -0.1) is 0 Å². The molecule has 0 radical (unpaired) electrons. The van der Waals surface area contributed by atoms with Gasteiger partial charge >= 0.3 is 0 Å². The molecular formula is C12H16N2O. The van der Waals surface area contributed by atoms with Crippen LogP contribution in [0.3, 0.4) is 0 Å². The van der Waals surface area contributed by atoms with Gasteiger partial charge in [-0.1, -0.05) is 12.1 Å². The first-order valence-electron chi connectivity index (χ1n) is 5.30. The van der Waals surface area contributed by atoms with Gasteiger partial charge in [-0.25, -0.2) is 0 Å². The van der Waals surface area contributed by atoms with Gasteiger partial charge < -0.3 is 11.1 Å². The molecule has 0 spiro atoms. The van der Waals surface area contributed by atoms with Crippen molar-refractivity contribution in [2.75, 3.05) is 18.8 Å². The summed E-state index contributed by atoms with van der Waals surface area (Å²) in [5.74, 6) is 0.287. The third-order valence-electron chi connectivity index (χ3n) is 3.02. The highest BCUT2D eigenvalue weighted by molar-refractivity contribution is 6.03. The first-order chi connectivity index (χ1) is 7.20. The Hall–Kier alpha value is -1.35. The molecule has 0 saturated carbocycles. The Bertz CT molecular complexity index is 381. The summed E-state index contributed by atoms with van der Waals surface area (Å²) in [5.41, 5.74) is 8.21. The molecule has 1 aliphatic heterocycles. The van der Waals surface area contributed by atoms with Gasteiger partial charge in [0.2, 0.25) is 0 Å². The average Bonchev–Trinajstić information content (AvgIpc) is 2.74. The molecule has 0 amide bonds. The van der Waals surface area contributed by atoms with Crippen LogP contribution in [0.5, 0.6) is 0 Å². The van der Waals surface area contributed by atoms with Crippen molar-refractivity contribution in [3.63, 3.8) is 0 Å². The van der Waals surface area contributed by atoms with Crippen molar-refractivity contribution in [1.29, 1.82) is 0 Å². The van der Waals surface area contributed by atoms with Gasteiger partial charge in [-0.3, -0.25) is 4.79 Å². The van der Waals surface area contributed by atoms with E-state index in [4.69, 9.17) is 5.73 Å². The number of carbonyl (C=O) groups is 1. The molecule has 1 fully saturated rings. The predicted octanol–water partition coefficient (Wildman–Crippen LogP) is 1.37. The maximum Gasteiger partial charge on any atom is 0.169 e. The third-order valence-corrected chi connectivity index (χ3v) is 3.02. The number of aryl methyl sites for hydroxylation is 1. The van der Waals surface area contributed by atoms with Crippen molar-refractivity contribution in [1.82, 2.24) is 5.32 Å². The van der Waals surface area contributed by atoms with Gasteiger partial charge in [0.1, 0.15) is 0 Å². The molecular weight excluding hydrogens is 188 g/mol. The normalized spacial score (nSPS) is 20.5. The number of nitrogen functional groups attached to an aromatic ring is 1. The van der Waals surface area contributed by atoms with E-state index in [9.17, 15) is 4.79 Å². The quantitative estimate of drug-likeness (QED) is 0.565. The van der Waals surface area contributed by atoms with Crippen LogP contribution in [0.2, 0.25) is 0 Å². The second-order valence-corrected chi connectivity index (χ2v) is 4.09. The van der Waals surface area contributed by atoms with Crippen LogP contribution in [-0.2, 0) is 0 Å². The van der Waals surface area contributed by atoms with Crippen LogP contribution in [0.4, 0.5) is 5.69 Å². The van der Waals surface area contributed by atoms with Gasteiger partial charge in [0.15, 0.2) is 5.78 Å². The van der Waals surface area contributed by atoms with Crippen molar-refractivity contribution in [3.05, 3.63) is 29.3 Å². The number of Topliss-reactive ketones (excluding diaryl/α,β-unsaturated/α-hetero) is 1. The minimum absolute atomic E-state index is 0.106. The van der Waals surface area contributed by atoms with Crippen LogP contribution in [-0.4, -0.2) is 18.9 Å². The van der Waals surface area contributed by atoms with Crippen LogP contribution in [0.25, 0.3) is 0 Å². The van der Waals surface area contributed by atoms with Gasteiger partial charge in [0.05, 0.1) is 0 Å².